The number of rotatable bonds is 4. The number of aliphatic carboxylic acids is 1. The number of hydrogen-bond donors (Lipinski definition) is 2. The number of ether oxygens (including phenoxy) is 1. The first-order chi connectivity index (χ1) is 10.6. The number of carbonyl (C=O) groups is 2. The van der Waals surface area contributed by atoms with Gasteiger partial charge in [0.1, 0.15) is 12.1 Å². The Morgan fingerprint density at radius 1 is 1.05 bits per heavy atom. The number of carboxylic acids is 1. The molecule has 5 nitrogen and oxygen atoms in total. The first-order valence-corrected chi connectivity index (χ1v) is 7.85. The molecule has 0 heterocycles. The first kappa shape index (κ1) is 16.3. The van der Waals surface area contributed by atoms with E-state index in [1.165, 1.54) is 0 Å². The van der Waals surface area contributed by atoms with Crippen molar-refractivity contribution in [1.82, 2.24) is 5.32 Å². The predicted octanol–water partition coefficient (Wildman–Crippen LogP) is 3.48. The number of carbonyl (C=O) groups excluding carboxylic acids is 1. The number of alkyl carbamates (subject to hydrolysis) is 1. The molecule has 0 radical (unpaired) electrons. The summed E-state index contributed by atoms with van der Waals surface area (Å²) in [4.78, 5) is 23.7. The molecule has 1 aromatic rings. The van der Waals surface area contributed by atoms with Crippen LogP contribution in [0, 0.1) is 0 Å². The summed E-state index contributed by atoms with van der Waals surface area (Å²) in [7, 11) is 0. The van der Waals surface area contributed by atoms with Gasteiger partial charge in [-0.15, -0.1) is 0 Å². The molecule has 0 bridgehead atoms. The third-order valence-electron chi connectivity index (χ3n) is 4.17. The smallest absolute Gasteiger partial charge is 0.408 e. The van der Waals surface area contributed by atoms with E-state index in [9.17, 15) is 14.7 Å². The minimum Gasteiger partial charge on any atom is -0.480 e. The Morgan fingerprint density at radius 3 is 2.23 bits per heavy atom. The van der Waals surface area contributed by atoms with Crippen molar-refractivity contribution in [3.05, 3.63) is 35.9 Å². The van der Waals surface area contributed by atoms with Gasteiger partial charge in [0.05, 0.1) is 0 Å². The van der Waals surface area contributed by atoms with Gasteiger partial charge in [0.2, 0.25) is 0 Å². The average Bonchev–Trinajstić information content (AvgIpc) is 2.49. The van der Waals surface area contributed by atoms with E-state index in [0.717, 1.165) is 37.7 Å². The zero-order valence-electron chi connectivity index (χ0n) is 12.7. The lowest BCUT2D eigenvalue weighted by molar-refractivity contribution is -0.145. The van der Waals surface area contributed by atoms with Gasteiger partial charge in [-0.3, -0.25) is 0 Å². The molecule has 0 atom stereocenters. The molecule has 0 spiro atoms. The summed E-state index contributed by atoms with van der Waals surface area (Å²) in [6.45, 7) is 0.141. The van der Waals surface area contributed by atoms with Crippen molar-refractivity contribution in [1.29, 1.82) is 0 Å². The van der Waals surface area contributed by atoms with Gasteiger partial charge in [0.15, 0.2) is 0 Å². The molecule has 5 heteroatoms. The van der Waals surface area contributed by atoms with Crippen molar-refractivity contribution < 1.29 is 19.4 Å². The van der Waals surface area contributed by atoms with Crippen molar-refractivity contribution in [2.45, 2.75) is 57.1 Å². The fourth-order valence-corrected chi connectivity index (χ4v) is 2.86. The third-order valence-corrected chi connectivity index (χ3v) is 4.17. The van der Waals surface area contributed by atoms with E-state index in [1.54, 1.807) is 0 Å². The maximum Gasteiger partial charge on any atom is 0.408 e. The summed E-state index contributed by atoms with van der Waals surface area (Å²) in [5.74, 6) is -0.967. The molecule has 1 amide bonds. The Kier molecular flexibility index (Phi) is 5.81. The normalized spacial score (nSPS) is 17.8. The van der Waals surface area contributed by atoms with Crippen molar-refractivity contribution in [3.8, 4) is 0 Å². The van der Waals surface area contributed by atoms with Crippen molar-refractivity contribution in [2.75, 3.05) is 0 Å². The maximum atomic E-state index is 12.0. The van der Waals surface area contributed by atoms with Crippen LogP contribution >= 0.6 is 0 Å². The summed E-state index contributed by atoms with van der Waals surface area (Å²) in [5, 5.41) is 12.2. The molecule has 1 aliphatic rings. The van der Waals surface area contributed by atoms with Gasteiger partial charge in [0.25, 0.3) is 0 Å². The molecule has 1 saturated carbocycles. The van der Waals surface area contributed by atoms with E-state index in [0.29, 0.717) is 12.8 Å². The topological polar surface area (TPSA) is 75.6 Å². The van der Waals surface area contributed by atoms with E-state index < -0.39 is 17.6 Å². The summed E-state index contributed by atoms with van der Waals surface area (Å²) in [6.07, 6.45) is 5.04. The van der Waals surface area contributed by atoms with Crippen LogP contribution in [0.4, 0.5) is 4.79 Å². The largest absolute Gasteiger partial charge is 0.480 e. The molecule has 120 valence electrons. The lowest BCUT2D eigenvalue weighted by Gasteiger charge is -2.31. The number of carboxylic acid groups (broad SMARTS) is 1. The zero-order chi connectivity index (χ0) is 15.8. The standard InChI is InChI=1S/C17H23NO4/c19-15(20)17(11-7-2-1-3-8-12-17)18-16(21)22-13-14-9-5-4-6-10-14/h4-6,9-10H,1-3,7-8,11-13H2,(H,18,21)(H,19,20). The van der Waals surface area contributed by atoms with Crippen LogP contribution in [0.1, 0.15) is 50.5 Å². The van der Waals surface area contributed by atoms with E-state index in [-0.39, 0.29) is 6.61 Å². The van der Waals surface area contributed by atoms with E-state index in [4.69, 9.17) is 4.74 Å². The van der Waals surface area contributed by atoms with Crippen LogP contribution in [0.25, 0.3) is 0 Å². The minimum absolute atomic E-state index is 0.141. The second-order valence-electron chi connectivity index (χ2n) is 5.84. The van der Waals surface area contributed by atoms with Crippen LogP contribution in [-0.2, 0) is 16.1 Å². The van der Waals surface area contributed by atoms with Gasteiger partial charge in [-0.1, -0.05) is 62.4 Å². The highest BCUT2D eigenvalue weighted by Gasteiger charge is 2.40. The van der Waals surface area contributed by atoms with Gasteiger partial charge >= 0.3 is 12.1 Å². The molecule has 0 unspecified atom stereocenters. The van der Waals surface area contributed by atoms with Gasteiger partial charge in [-0.25, -0.2) is 9.59 Å². The molecular formula is C17H23NO4. The summed E-state index contributed by atoms with van der Waals surface area (Å²) >= 11 is 0. The Morgan fingerprint density at radius 2 is 1.64 bits per heavy atom. The Bertz CT molecular complexity index is 493. The van der Waals surface area contributed by atoms with Crippen molar-refractivity contribution in [3.63, 3.8) is 0 Å². The van der Waals surface area contributed by atoms with E-state index in [1.807, 2.05) is 30.3 Å². The van der Waals surface area contributed by atoms with Gasteiger partial charge in [-0.05, 0) is 18.4 Å². The van der Waals surface area contributed by atoms with Gasteiger partial charge < -0.3 is 15.2 Å². The lowest BCUT2D eigenvalue weighted by Crippen LogP contribution is -2.54. The number of benzene rings is 1. The Labute approximate surface area is 130 Å². The summed E-state index contributed by atoms with van der Waals surface area (Å²) in [5.41, 5.74) is -0.312. The molecular weight excluding hydrogens is 282 g/mol. The monoisotopic (exact) mass is 305 g/mol. The van der Waals surface area contributed by atoms with Gasteiger partial charge in [-0.2, -0.15) is 0 Å². The number of hydrogen-bond acceptors (Lipinski definition) is 3. The van der Waals surface area contributed by atoms with Crippen LogP contribution in [0.2, 0.25) is 0 Å². The quantitative estimate of drug-likeness (QED) is 0.893. The molecule has 2 N–H and O–H groups in total. The highest BCUT2D eigenvalue weighted by molar-refractivity contribution is 5.84. The second kappa shape index (κ2) is 7.82. The molecule has 1 aromatic carbocycles. The highest BCUT2D eigenvalue weighted by atomic mass is 16.5. The SMILES string of the molecule is O=C(NC1(C(=O)O)CCCCCCC1)OCc1ccccc1. The van der Waals surface area contributed by atoms with Crippen LogP contribution in [0.3, 0.4) is 0 Å². The lowest BCUT2D eigenvalue weighted by atomic mass is 9.84. The second-order valence-corrected chi connectivity index (χ2v) is 5.84. The third kappa shape index (κ3) is 4.48. The van der Waals surface area contributed by atoms with Crippen molar-refractivity contribution >= 4 is 12.1 Å². The molecule has 0 aliphatic heterocycles. The Hall–Kier alpha value is -2.04. The van der Waals surface area contributed by atoms with Crippen LogP contribution < -0.4 is 5.32 Å². The van der Waals surface area contributed by atoms with Crippen LogP contribution in [0.5, 0.6) is 0 Å². The van der Waals surface area contributed by atoms with Crippen molar-refractivity contribution in [2.24, 2.45) is 0 Å². The van der Waals surface area contributed by atoms with Gasteiger partial charge in [0, 0.05) is 0 Å². The fraction of sp³-hybridized carbons (Fsp3) is 0.529. The summed E-state index contributed by atoms with van der Waals surface area (Å²) < 4.78 is 5.16. The highest BCUT2D eigenvalue weighted by Crippen LogP contribution is 2.27. The number of amides is 1. The average molecular weight is 305 g/mol. The zero-order valence-corrected chi connectivity index (χ0v) is 12.7. The Balaban J connectivity index is 1.94. The molecule has 2 rings (SSSR count). The van der Waals surface area contributed by atoms with Crippen LogP contribution in [0.15, 0.2) is 30.3 Å². The molecule has 22 heavy (non-hydrogen) atoms. The summed E-state index contributed by atoms with van der Waals surface area (Å²) in [6, 6.07) is 9.33. The molecule has 1 fully saturated rings. The minimum atomic E-state index is -1.19. The predicted molar refractivity (Wildman–Crippen MR) is 82.4 cm³/mol. The van der Waals surface area contributed by atoms with E-state index >= 15 is 0 Å². The van der Waals surface area contributed by atoms with E-state index in [2.05, 4.69) is 5.32 Å². The van der Waals surface area contributed by atoms with Crippen LogP contribution in [-0.4, -0.2) is 22.7 Å². The molecule has 0 saturated heterocycles. The molecule has 0 aromatic heterocycles. The fourth-order valence-electron chi connectivity index (χ4n) is 2.86. The first-order valence-electron chi connectivity index (χ1n) is 7.85. The number of nitrogens with one attached hydrogen (secondary N) is 1. The molecule has 1 aliphatic carbocycles. The maximum absolute atomic E-state index is 12.0.